The van der Waals surface area contributed by atoms with Gasteiger partial charge in [-0.25, -0.2) is 17.7 Å². The quantitative estimate of drug-likeness (QED) is 0.248. The van der Waals surface area contributed by atoms with Crippen LogP contribution in [-0.2, 0) is 21.3 Å². The largest absolute Gasteiger partial charge is 0.497 e. The van der Waals surface area contributed by atoms with Crippen molar-refractivity contribution in [2.45, 2.75) is 32.2 Å². The average Bonchev–Trinajstić information content (AvgIpc) is 3.67. The molecule has 1 aliphatic carbocycles. The Hall–Kier alpha value is -3.56. The van der Waals surface area contributed by atoms with Crippen molar-refractivity contribution in [2.75, 3.05) is 24.3 Å². The van der Waals surface area contributed by atoms with Gasteiger partial charge in [-0.15, -0.1) is 0 Å². The van der Waals surface area contributed by atoms with Crippen LogP contribution in [0.3, 0.4) is 0 Å². The lowest BCUT2D eigenvalue weighted by Crippen LogP contribution is -2.30. The molecule has 198 valence electrons. The minimum atomic E-state index is -3.66. The number of sulfonamides is 1. The van der Waals surface area contributed by atoms with Crippen LogP contribution in [0, 0.1) is 0 Å². The Morgan fingerprint density at radius 1 is 1.13 bits per heavy atom. The third-order valence-corrected chi connectivity index (χ3v) is 7.93. The van der Waals surface area contributed by atoms with Crippen LogP contribution >= 0.6 is 11.6 Å². The molecule has 0 unspecified atom stereocenters. The maximum atomic E-state index is 13.1. The fraction of sp³-hybridized carbons (Fsp3) is 0.286. The summed E-state index contributed by atoms with van der Waals surface area (Å²) in [6.45, 7) is 2.11. The molecule has 0 N–H and O–H groups in total. The molecule has 5 rings (SSSR count). The van der Waals surface area contributed by atoms with E-state index in [-0.39, 0.29) is 19.1 Å². The van der Waals surface area contributed by atoms with Gasteiger partial charge in [0.1, 0.15) is 17.0 Å². The van der Waals surface area contributed by atoms with E-state index < -0.39 is 16.0 Å². The van der Waals surface area contributed by atoms with E-state index >= 15 is 0 Å². The minimum Gasteiger partial charge on any atom is -0.497 e. The first-order valence-electron chi connectivity index (χ1n) is 12.3. The monoisotopic (exact) mass is 553 g/mol. The number of pyridine rings is 1. The second-order valence-corrected chi connectivity index (χ2v) is 11.6. The number of rotatable bonds is 9. The molecule has 0 atom stereocenters. The molecule has 0 bridgehead atoms. The highest BCUT2D eigenvalue weighted by Crippen LogP contribution is 2.46. The van der Waals surface area contributed by atoms with Gasteiger partial charge in [-0.2, -0.15) is 5.10 Å². The summed E-state index contributed by atoms with van der Waals surface area (Å²) in [5.74, 6) is 0.400. The van der Waals surface area contributed by atoms with Gasteiger partial charge in [0.05, 0.1) is 43.9 Å². The van der Waals surface area contributed by atoms with Gasteiger partial charge in [0.15, 0.2) is 0 Å². The predicted molar refractivity (Wildman–Crippen MR) is 148 cm³/mol. The first-order chi connectivity index (χ1) is 18.2. The summed E-state index contributed by atoms with van der Waals surface area (Å²) >= 11 is 6.09. The lowest BCUT2D eigenvalue weighted by molar-refractivity contribution is 0.0529. The summed E-state index contributed by atoms with van der Waals surface area (Å²) < 4.78 is 39.8. The minimum absolute atomic E-state index is 0.143. The van der Waals surface area contributed by atoms with E-state index in [1.165, 1.54) is 10.6 Å². The Balaban J connectivity index is 1.70. The van der Waals surface area contributed by atoms with Crippen molar-refractivity contribution in [3.63, 3.8) is 0 Å². The van der Waals surface area contributed by atoms with E-state index in [4.69, 9.17) is 26.2 Å². The van der Waals surface area contributed by atoms with Crippen LogP contribution in [0.4, 0.5) is 5.69 Å². The first-order valence-corrected chi connectivity index (χ1v) is 14.5. The maximum Gasteiger partial charge on any atom is 0.342 e. The van der Waals surface area contributed by atoms with Gasteiger partial charge < -0.3 is 9.47 Å². The maximum absolute atomic E-state index is 13.1. The molecule has 8 nitrogen and oxygen atoms in total. The van der Waals surface area contributed by atoms with Crippen molar-refractivity contribution in [2.24, 2.45) is 0 Å². The molecule has 0 amide bonds. The molecule has 0 saturated heterocycles. The van der Waals surface area contributed by atoms with Crippen LogP contribution in [0.5, 0.6) is 5.75 Å². The Kier molecular flexibility index (Phi) is 7.07. The number of halogens is 1. The van der Waals surface area contributed by atoms with Crippen LogP contribution in [-0.4, -0.2) is 44.0 Å². The number of ether oxygens (including phenoxy) is 2. The number of carbonyl (C=O) groups excluding carboxylic acids is 1. The number of esters is 1. The van der Waals surface area contributed by atoms with Crippen LogP contribution in [0.1, 0.15) is 47.2 Å². The highest BCUT2D eigenvalue weighted by molar-refractivity contribution is 7.92. The Labute approximate surface area is 226 Å². The van der Waals surface area contributed by atoms with Crippen LogP contribution in [0.25, 0.3) is 16.8 Å². The van der Waals surface area contributed by atoms with Gasteiger partial charge >= 0.3 is 5.97 Å². The smallest absolute Gasteiger partial charge is 0.342 e. The van der Waals surface area contributed by atoms with E-state index in [1.54, 1.807) is 61.1 Å². The van der Waals surface area contributed by atoms with Crippen molar-refractivity contribution >= 4 is 38.8 Å². The highest BCUT2D eigenvalue weighted by atomic mass is 35.5. The molecule has 10 heteroatoms. The van der Waals surface area contributed by atoms with Crippen molar-refractivity contribution in [3.05, 3.63) is 82.5 Å². The molecule has 4 aromatic rings. The Bertz CT molecular complexity index is 1590. The number of anilines is 1. The fourth-order valence-corrected chi connectivity index (χ4v) is 5.54. The van der Waals surface area contributed by atoms with Gasteiger partial charge in [0.2, 0.25) is 10.0 Å². The van der Waals surface area contributed by atoms with E-state index in [0.29, 0.717) is 38.8 Å². The number of carbonyl (C=O) groups is 1. The van der Waals surface area contributed by atoms with Crippen molar-refractivity contribution in [1.82, 2.24) is 9.61 Å². The molecule has 0 spiro atoms. The fourth-order valence-electron chi connectivity index (χ4n) is 4.52. The molecule has 1 fully saturated rings. The van der Waals surface area contributed by atoms with Crippen LogP contribution in [0.15, 0.2) is 60.8 Å². The van der Waals surface area contributed by atoms with Crippen molar-refractivity contribution < 1.29 is 22.7 Å². The topological polar surface area (TPSA) is 90.2 Å². The van der Waals surface area contributed by atoms with E-state index in [2.05, 4.69) is 0 Å². The lowest BCUT2D eigenvalue weighted by atomic mass is 10.0. The van der Waals surface area contributed by atoms with Gasteiger partial charge in [-0.05, 0) is 67.1 Å². The van der Waals surface area contributed by atoms with Crippen LogP contribution in [0.2, 0.25) is 5.02 Å². The summed E-state index contributed by atoms with van der Waals surface area (Å²) in [7, 11) is -2.07. The molecule has 2 aromatic heterocycles. The summed E-state index contributed by atoms with van der Waals surface area (Å²) in [4.78, 5) is 13.1. The molecule has 1 aliphatic rings. The summed E-state index contributed by atoms with van der Waals surface area (Å²) in [6.07, 6.45) is 4.78. The summed E-state index contributed by atoms with van der Waals surface area (Å²) in [5.41, 5.74) is 4.27. The van der Waals surface area contributed by atoms with Crippen molar-refractivity contribution in [3.8, 4) is 17.0 Å². The van der Waals surface area contributed by atoms with Gasteiger partial charge in [0, 0.05) is 10.6 Å². The van der Waals surface area contributed by atoms with Gasteiger partial charge in [0.25, 0.3) is 0 Å². The third-order valence-electron chi connectivity index (χ3n) is 6.55. The predicted octanol–water partition coefficient (Wildman–Crippen LogP) is 5.68. The summed E-state index contributed by atoms with van der Waals surface area (Å²) in [5, 5.41) is 5.29. The van der Waals surface area contributed by atoms with E-state index in [1.807, 2.05) is 18.2 Å². The first kappa shape index (κ1) is 26.1. The number of fused-ring (bicyclic) bond motifs is 1. The second kappa shape index (κ2) is 10.3. The zero-order chi connectivity index (χ0) is 27.0. The standard InChI is InChI=1S/C28H28ClN3O5S/c1-4-37-28(33)26-24-15-23(19-7-8-19)25(17-31(24)30-27(26)20-9-11-21(29)12-10-20)32(38(3,34)35)16-18-5-13-22(36-2)14-6-18/h5-6,9-15,17,19H,4,7-8,16H2,1-3H3. The Morgan fingerprint density at radius 2 is 1.82 bits per heavy atom. The molecule has 38 heavy (non-hydrogen) atoms. The van der Waals surface area contributed by atoms with E-state index in [9.17, 15) is 13.2 Å². The zero-order valence-corrected chi connectivity index (χ0v) is 22.9. The zero-order valence-electron chi connectivity index (χ0n) is 21.3. The van der Waals surface area contributed by atoms with Gasteiger partial charge in [-0.1, -0.05) is 35.9 Å². The number of hydrogen-bond donors (Lipinski definition) is 0. The molecule has 2 aromatic carbocycles. The molecule has 0 aliphatic heterocycles. The SMILES string of the molecule is CCOC(=O)c1c(-c2ccc(Cl)cc2)nn2cc(N(Cc3ccc(OC)cc3)S(C)(=O)=O)c(C3CC3)cc12. The number of hydrogen-bond acceptors (Lipinski definition) is 6. The van der Waals surface area contributed by atoms with Crippen LogP contribution < -0.4 is 9.04 Å². The summed E-state index contributed by atoms with van der Waals surface area (Å²) in [6, 6.07) is 16.2. The van der Waals surface area contributed by atoms with E-state index in [0.717, 1.165) is 24.0 Å². The third kappa shape index (κ3) is 5.21. The molecule has 2 heterocycles. The van der Waals surface area contributed by atoms with Crippen molar-refractivity contribution in [1.29, 1.82) is 0 Å². The molecular weight excluding hydrogens is 526 g/mol. The Morgan fingerprint density at radius 3 is 2.39 bits per heavy atom. The number of nitrogens with zero attached hydrogens (tertiary/aromatic N) is 3. The number of aromatic nitrogens is 2. The average molecular weight is 554 g/mol. The van der Waals surface area contributed by atoms with Gasteiger partial charge in [-0.3, -0.25) is 4.31 Å². The highest BCUT2D eigenvalue weighted by Gasteiger charge is 2.33. The number of benzene rings is 2. The lowest BCUT2D eigenvalue weighted by Gasteiger charge is -2.25. The normalized spacial score (nSPS) is 13.5. The number of methoxy groups -OCH3 is 1. The molecular formula is C28H28ClN3O5S. The molecule has 1 saturated carbocycles. The second-order valence-electron chi connectivity index (χ2n) is 9.29. The molecule has 0 radical (unpaired) electrons.